The van der Waals surface area contributed by atoms with Gasteiger partial charge in [0.05, 0.1) is 47.6 Å². The lowest BCUT2D eigenvalue weighted by atomic mass is 9.98. The Morgan fingerprint density at radius 3 is 2.49 bits per heavy atom. The number of benzene rings is 1. The van der Waals surface area contributed by atoms with Crippen molar-refractivity contribution in [3.63, 3.8) is 0 Å². The fourth-order valence-electron chi connectivity index (χ4n) is 6.52. The summed E-state index contributed by atoms with van der Waals surface area (Å²) in [6.07, 6.45) is 3.19. The molecule has 0 spiro atoms. The third-order valence-electron chi connectivity index (χ3n) is 8.29. The summed E-state index contributed by atoms with van der Waals surface area (Å²) < 4.78 is 34.5. The van der Waals surface area contributed by atoms with Gasteiger partial charge in [0.15, 0.2) is 5.65 Å². The number of ether oxygens (including phenoxy) is 1. The summed E-state index contributed by atoms with van der Waals surface area (Å²) in [4.78, 5) is 25.2. The lowest BCUT2D eigenvalue weighted by Crippen LogP contribution is -2.52. The number of anilines is 3. The summed E-state index contributed by atoms with van der Waals surface area (Å²) in [6.45, 7) is 9.10. The van der Waals surface area contributed by atoms with Crippen LogP contribution in [0.5, 0.6) is 0 Å². The summed E-state index contributed by atoms with van der Waals surface area (Å²) in [5, 5.41) is 15.4. The predicted molar refractivity (Wildman–Crippen MR) is 166 cm³/mol. The van der Waals surface area contributed by atoms with Crippen LogP contribution < -0.4 is 14.5 Å². The molecule has 3 saturated heterocycles. The van der Waals surface area contributed by atoms with Crippen LogP contribution in [0.15, 0.2) is 24.3 Å². The maximum atomic E-state index is 14.0. The molecule has 3 atom stereocenters. The van der Waals surface area contributed by atoms with Crippen molar-refractivity contribution in [2.75, 3.05) is 53.5 Å². The van der Waals surface area contributed by atoms with Crippen LogP contribution in [0.1, 0.15) is 60.8 Å². The Morgan fingerprint density at radius 1 is 1.09 bits per heavy atom. The summed E-state index contributed by atoms with van der Waals surface area (Å²) in [5.41, 5.74) is 2.74. The molecule has 1 amide bonds. The number of carbonyl (C=O) groups is 1. The van der Waals surface area contributed by atoms with E-state index in [2.05, 4.69) is 28.4 Å². The van der Waals surface area contributed by atoms with Crippen molar-refractivity contribution in [1.29, 1.82) is 0 Å². The summed E-state index contributed by atoms with van der Waals surface area (Å²) in [5.74, 6) is 1.43. The van der Waals surface area contributed by atoms with E-state index in [0.29, 0.717) is 49.8 Å². The molecule has 0 aliphatic carbocycles. The lowest BCUT2D eigenvalue weighted by Gasteiger charge is -2.40. The highest BCUT2D eigenvalue weighted by atomic mass is 35.5. The quantitative estimate of drug-likeness (QED) is 0.421. The van der Waals surface area contributed by atoms with E-state index in [-0.39, 0.29) is 41.5 Å². The number of carbonyl (C=O) groups excluding carboxylic acids is 1. The third kappa shape index (κ3) is 6.00. The van der Waals surface area contributed by atoms with Gasteiger partial charge in [-0.25, -0.2) is 13.4 Å². The highest BCUT2D eigenvalue weighted by Crippen LogP contribution is 2.37. The van der Waals surface area contributed by atoms with E-state index in [1.54, 1.807) is 11.0 Å². The second-order valence-corrected chi connectivity index (χ2v) is 14.2. The molecule has 3 aromatic rings. The number of rotatable bonds is 6. The molecule has 3 aliphatic rings. The van der Waals surface area contributed by atoms with Gasteiger partial charge >= 0.3 is 0 Å². The minimum atomic E-state index is -3.62. The van der Waals surface area contributed by atoms with E-state index in [4.69, 9.17) is 26.4 Å². The molecule has 0 radical (unpaired) electrons. The van der Waals surface area contributed by atoms with Crippen molar-refractivity contribution < 1.29 is 23.1 Å². The zero-order valence-electron chi connectivity index (χ0n) is 24.8. The van der Waals surface area contributed by atoms with E-state index >= 15 is 0 Å². The highest BCUT2D eigenvalue weighted by Gasteiger charge is 2.35. The number of halogens is 1. The monoisotopic (exact) mass is 631 g/mol. The van der Waals surface area contributed by atoms with Crippen LogP contribution >= 0.6 is 11.6 Å². The van der Waals surface area contributed by atoms with Crippen molar-refractivity contribution in [2.45, 2.75) is 64.4 Å². The van der Waals surface area contributed by atoms with E-state index in [1.165, 1.54) is 12.1 Å². The summed E-state index contributed by atoms with van der Waals surface area (Å²) in [6, 6.07) is 6.18. The van der Waals surface area contributed by atoms with Crippen LogP contribution in [-0.2, 0) is 14.8 Å². The molecule has 3 fully saturated rings. The zero-order valence-corrected chi connectivity index (χ0v) is 26.4. The standard InChI is InChI=1S/C29H38ClN7O5S/c1-17-13-35(14-18(2)42-17)28-19(3)27(34-15-21(38)16-34)31-26-12-24(32-37(26)28)25-7-5-6-10-36(25)29(39)22-11-20(30)8-9-23(22)33-43(4,40)41/h8-9,11-12,17-18,21,25,33,38H,5-7,10,13-16H2,1-4H3/t17-,18+,25-/m0/s1. The number of aliphatic hydroxyl groups excluding tert-OH is 1. The van der Waals surface area contributed by atoms with Crippen LogP contribution in [0.4, 0.5) is 17.3 Å². The Labute approximate surface area is 256 Å². The number of β-amino-alcohol motifs (C(OH)–C–C–N with tert-alkyl or cyclic N) is 1. The molecule has 2 N–H and O–H groups in total. The van der Waals surface area contributed by atoms with Crippen molar-refractivity contribution >= 4 is 50.5 Å². The predicted octanol–water partition coefficient (Wildman–Crippen LogP) is 3.22. The first kappa shape index (κ1) is 29.9. The Bertz CT molecular complexity index is 1650. The van der Waals surface area contributed by atoms with Gasteiger partial charge in [-0.15, -0.1) is 0 Å². The number of nitrogens with zero attached hydrogens (tertiary/aromatic N) is 6. The summed E-state index contributed by atoms with van der Waals surface area (Å²) >= 11 is 6.27. The minimum absolute atomic E-state index is 0.0366. The maximum absolute atomic E-state index is 14.0. The van der Waals surface area contributed by atoms with Gasteiger partial charge in [-0.2, -0.15) is 9.61 Å². The van der Waals surface area contributed by atoms with E-state index in [0.717, 1.165) is 42.0 Å². The van der Waals surface area contributed by atoms with Gasteiger partial charge in [-0.05, 0) is 58.2 Å². The van der Waals surface area contributed by atoms with Gasteiger partial charge in [0.2, 0.25) is 10.0 Å². The number of morpholine rings is 1. The topological polar surface area (TPSA) is 133 Å². The smallest absolute Gasteiger partial charge is 0.256 e. The third-order valence-corrected chi connectivity index (χ3v) is 9.12. The molecular formula is C29H38ClN7O5S. The number of amides is 1. The molecule has 43 heavy (non-hydrogen) atoms. The van der Waals surface area contributed by atoms with Crippen LogP contribution in [-0.4, -0.2) is 96.2 Å². The Hall–Kier alpha value is -3.13. The van der Waals surface area contributed by atoms with Crippen molar-refractivity contribution in [3.05, 3.63) is 46.1 Å². The van der Waals surface area contributed by atoms with Gasteiger partial charge < -0.3 is 24.5 Å². The van der Waals surface area contributed by atoms with Gasteiger partial charge in [-0.1, -0.05) is 11.6 Å². The Balaban J connectivity index is 1.42. The van der Waals surface area contributed by atoms with Crippen molar-refractivity contribution in [2.24, 2.45) is 0 Å². The lowest BCUT2D eigenvalue weighted by molar-refractivity contribution is -0.00561. The molecule has 232 valence electrons. The van der Waals surface area contributed by atoms with Crippen LogP contribution in [0.3, 0.4) is 0 Å². The Kier molecular flexibility index (Phi) is 7.95. The van der Waals surface area contributed by atoms with Gasteiger partial charge in [-0.3, -0.25) is 9.52 Å². The number of piperidine rings is 1. The van der Waals surface area contributed by atoms with Crippen LogP contribution in [0, 0.1) is 6.92 Å². The second-order valence-electron chi connectivity index (χ2n) is 12.0. The van der Waals surface area contributed by atoms with Crippen molar-refractivity contribution in [1.82, 2.24) is 19.5 Å². The molecule has 1 aromatic carbocycles. The molecule has 14 heteroatoms. The molecule has 5 heterocycles. The number of nitrogens with one attached hydrogen (secondary N) is 1. The first-order valence-corrected chi connectivity index (χ1v) is 17.0. The number of aliphatic hydroxyl groups is 1. The number of likely N-dealkylation sites (tertiary alicyclic amines) is 1. The van der Waals surface area contributed by atoms with Crippen LogP contribution in [0.25, 0.3) is 5.65 Å². The number of fused-ring (bicyclic) bond motifs is 1. The second kappa shape index (κ2) is 11.4. The van der Waals surface area contributed by atoms with Gasteiger partial charge in [0, 0.05) is 49.4 Å². The molecule has 0 unspecified atom stereocenters. The molecule has 0 saturated carbocycles. The molecule has 6 rings (SSSR count). The number of hydrogen-bond donors (Lipinski definition) is 2. The summed E-state index contributed by atoms with van der Waals surface area (Å²) in [7, 11) is -3.62. The highest BCUT2D eigenvalue weighted by molar-refractivity contribution is 7.92. The molecule has 3 aliphatic heterocycles. The average molecular weight is 632 g/mol. The Morgan fingerprint density at radius 2 is 1.81 bits per heavy atom. The largest absolute Gasteiger partial charge is 0.389 e. The maximum Gasteiger partial charge on any atom is 0.256 e. The normalized spacial score (nSPS) is 23.5. The van der Waals surface area contributed by atoms with E-state index in [9.17, 15) is 18.3 Å². The van der Waals surface area contributed by atoms with Crippen LogP contribution in [0.2, 0.25) is 5.02 Å². The first-order valence-electron chi connectivity index (χ1n) is 14.7. The number of hydrogen-bond acceptors (Lipinski definition) is 9. The minimum Gasteiger partial charge on any atom is -0.389 e. The molecular weight excluding hydrogens is 594 g/mol. The first-order chi connectivity index (χ1) is 20.4. The van der Waals surface area contributed by atoms with Gasteiger partial charge in [0.25, 0.3) is 5.91 Å². The number of aromatic nitrogens is 3. The SMILES string of the molecule is Cc1c(N2CC(O)C2)nc2cc([C@@H]3CCCCN3C(=O)c3cc(Cl)ccc3NS(C)(=O)=O)nn2c1N1C[C@@H](C)O[C@@H](C)C1. The van der Waals surface area contributed by atoms with E-state index < -0.39 is 10.0 Å². The fourth-order valence-corrected chi connectivity index (χ4v) is 7.27. The van der Waals surface area contributed by atoms with Gasteiger partial charge in [0.1, 0.15) is 11.6 Å². The fraction of sp³-hybridized carbons (Fsp3) is 0.552. The van der Waals surface area contributed by atoms with Crippen molar-refractivity contribution in [3.8, 4) is 0 Å². The zero-order chi connectivity index (χ0) is 30.6. The number of sulfonamides is 1. The molecule has 2 aromatic heterocycles. The molecule has 12 nitrogen and oxygen atoms in total. The molecule has 0 bridgehead atoms. The van der Waals surface area contributed by atoms with E-state index in [1.807, 2.05) is 17.5 Å². The average Bonchev–Trinajstić information content (AvgIpc) is 3.34.